The van der Waals surface area contributed by atoms with Crippen molar-refractivity contribution in [2.24, 2.45) is 0 Å². The third kappa shape index (κ3) is 6.58. The Morgan fingerprint density at radius 3 is 2.67 bits per heavy atom. The fourth-order valence-electron chi connectivity index (χ4n) is 1.70. The van der Waals surface area contributed by atoms with E-state index in [4.69, 9.17) is 16.1 Å². The van der Waals surface area contributed by atoms with Gasteiger partial charge in [-0.1, -0.05) is 69.2 Å². The lowest BCUT2D eigenvalue weighted by molar-refractivity contribution is -0.0843. The molecule has 1 unspecified atom stereocenters. The number of ether oxygens (including phenoxy) is 2. The lowest BCUT2D eigenvalue weighted by Crippen LogP contribution is -2.12. The average Bonchev–Trinajstić information content (AvgIpc) is 2.43. The topological polar surface area (TPSA) is 18.5 Å². The molecule has 18 heavy (non-hydrogen) atoms. The van der Waals surface area contributed by atoms with Crippen LogP contribution in [0.25, 0.3) is 0 Å². The van der Waals surface area contributed by atoms with Crippen molar-refractivity contribution in [2.45, 2.75) is 45.3 Å². The van der Waals surface area contributed by atoms with Gasteiger partial charge in [0.05, 0.1) is 12.7 Å². The van der Waals surface area contributed by atoms with Crippen LogP contribution in [0.15, 0.2) is 36.4 Å². The second-order valence-corrected chi connectivity index (χ2v) is 4.35. The van der Waals surface area contributed by atoms with Gasteiger partial charge in [0.2, 0.25) is 0 Å². The predicted octanol–water partition coefficient (Wildman–Crippen LogP) is 4.12. The molecule has 2 heteroatoms. The van der Waals surface area contributed by atoms with Crippen LogP contribution in [0.1, 0.15) is 38.2 Å². The third-order valence-corrected chi connectivity index (χ3v) is 2.78. The van der Waals surface area contributed by atoms with E-state index < -0.39 is 0 Å². The summed E-state index contributed by atoms with van der Waals surface area (Å²) < 4.78 is 11.0. The van der Waals surface area contributed by atoms with E-state index in [0.717, 1.165) is 18.4 Å². The summed E-state index contributed by atoms with van der Waals surface area (Å²) in [7, 11) is 0. The Morgan fingerprint density at radius 1 is 1.22 bits per heavy atom. The first-order chi connectivity index (χ1) is 8.86. The molecule has 0 aliphatic rings. The fourth-order valence-corrected chi connectivity index (χ4v) is 1.70. The SMILES string of the molecule is [CH]=CC(CCCCC)OCOCc1ccccc1. The van der Waals surface area contributed by atoms with Crippen LogP contribution in [0.4, 0.5) is 0 Å². The zero-order valence-electron chi connectivity index (χ0n) is 11.2. The van der Waals surface area contributed by atoms with E-state index in [-0.39, 0.29) is 6.10 Å². The molecule has 99 valence electrons. The van der Waals surface area contributed by atoms with Crippen molar-refractivity contribution < 1.29 is 9.47 Å². The molecule has 0 heterocycles. The van der Waals surface area contributed by atoms with Gasteiger partial charge in [0.15, 0.2) is 0 Å². The van der Waals surface area contributed by atoms with Gasteiger partial charge in [-0.2, -0.15) is 0 Å². The molecule has 1 atom stereocenters. The largest absolute Gasteiger partial charge is 0.351 e. The molecule has 0 aliphatic heterocycles. The maximum Gasteiger partial charge on any atom is 0.147 e. The second-order valence-electron chi connectivity index (χ2n) is 4.35. The van der Waals surface area contributed by atoms with E-state index in [1.54, 1.807) is 6.08 Å². The van der Waals surface area contributed by atoms with Gasteiger partial charge in [0, 0.05) is 0 Å². The highest BCUT2D eigenvalue weighted by Gasteiger charge is 2.03. The standard InChI is InChI=1S/C16H23O2/c1-3-5-7-12-16(4-2)18-14-17-13-15-10-8-6-9-11-15/h2,4,6,8-11,16H,3,5,7,12-14H2,1H3. The van der Waals surface area contributed by atoms with E-state index >= 15 is 0 Å². The molecule has 1 aromatic carbocycles. The molecule has 0 aliphatic carbocycles. The maximum absolute atomic E-state index is 5.56. The molecule has 0 N–H and O–H groups in total. The molecule has 0 amide bonds. The number of hydrogen-bond acceptors (Lipinski definition) is 2. The molecule has 0 spiro atoms. The highest BCUT2D eigenvalue weighted by Crippen LogP contribution is 2.08. The first-order valence-corrected chi connectivity index (χ1v) is 6.65. The fraction of sp³-hybridized carbons (Fsp3) is 0.500. The third-order valence-electron chi connectivity index (χ3n) is 2.78. The van der Waals surface area contributed by atoms with Crippen LogP contribution in [0.3, 0.4) is 0 Å². The van der Waals surface area contributed by atoms with E-state index in [1.807, 2.05) is 30.3 Å². The van der Waals surface area contributed by atoms with Crippen molar-refractivity contribution in [3.8, 4) is 0 Å². The lowest BCUT2D eigenvalue weighted by Gasteiger charge is -2.13. The van der Waals surface area contributed by atoms with Crippen molar-refractivity contribution >= 4 is 0 Å². The van der Waals surface area contributed by atoms with Crippen LogP contribution in [-0.2, 0) is 16.1 Å². The Labute approximate surface area is 111 Å². The summed E-state index contributed by atoms with van der Waals surface area (Å²) in [5.74, 6) is 0. The molecule has 1 rings (SSSR count). The highest BCUT2D eigenvalue weighted by atomic mass is 16.7. The molecule has 0 fully saturated rings. The van der Waals surface area contributed by atoms with E-state index in [2.05, 4.69) is 6.92 Å². The summed E-state index contributed by atoms with van der Waals surface area (Å²) in [6.07, 6.45) is 6.17. The number of benzene rings is 1. The average molecular weight is 247 g/mol. The number of rotatable bonds is 10. The van der Waals surface area contributed by atoms with Crippen molar-refractivity contribution in [3.63, 3.8) is 0 Å². The predicted molar refractivity (Wildman–Crippen MR) is 74.0 cm³/mol. The van der Waals surface area contributed by atoms with E-state index in [0.29, 0.717) is 13.4 Å². The van der Waals surface area contributed by atoms with Crippen LogP contribution in [0.2, 0.25) is 0 Å². The quantitative estimate of drug-likeness (QED) is 0.457. The summed E-state index contributed by atoms with van der Waals surface area (Å²) in [5.41, 5.74) is 1.15. The second kappa shape index (κ2) is 9.86. The summed E-state index contributed by atoms with van der Waals surface area (Å²) in [5, 5.41) is 0. The molecule has 1 aromatic rings. The van der Waals surface area contributed by atoms with Crippen LogP contribution in [-0.4, -0.2) is 12.9 Å². The summed E-state index contributed by atoms with van der Waals surface area (Å²) in [4.78, 5) is 0. The minimum absolute atomic E-state index is 0.00678. The van der Waals surface area contributed by atoms with Crippen LogP contribution in [0, 0.1) is 6.58 Å². The molecule has 1 radical (unpaired) electrons. The van der Waals surface area contributed by atoms with Crippen LogP contribution >= 0.6 is 0 Å². The van der Waals surface area contributed by atoms with Crippen LogP contribution < -0.4 is 0 Å². The maximum atomic E-state index is 5.56. The van der Waals surface area contributed by atoms with Crippen molar-refractivity contribution in [1.29, 1.82) is 0 Å². The molecular formula is C16H23O2. The Hall–Kier alpha value is -1.12. The number of unbranched alkanes of at least 4 members (excludes halogenated alkanes) is 2. The summed E-state index contributed by atoms with van der Waals surface area (Å²) in [6.45, 7) is 8.60. The zero-order chi connectivity index (χ0) is 13.1. The molecule has 2 nitrogen and oxygen atoms in total. The first kappa shape index (κ1) is 14.9. The molecule has 0 aromatic heterocycles. The van der Waals surface area contributed by atoms with Gasteiger partial charge in [0.25, 0.3) is 0 Å². The monoisotopic (exact) mass is 247 g/mol. The van der Waals surface area contributed by atoms with Gasteiger partial charge >= 0.3 is 0 Å². The van der Waals surface area contributed by atoms with Gasteiger partial charge in [-0.3, -0.25) is 0 Å². The highest BCUT2D eigenvalue weighted by molar-refractivity contribution is 5.13. The lowest BCUT2D eigenvalue weighted by atomic mass is 10.1. The first-order valence-electron chi connectivity index (χ1n) is 6.65. The van der Waals surface area contributed by atoms with Crippen LogP contribution in [0.5, 0.6) is 0 Å². The van der Waals surface area contributed by atoms with E-state index in [9.17, 15) is 0 Å². The van der Waals surface area contributed by atoms with Gasteiger partial charge < -0.3 is 9.47 Å². The van der Waals surface area contributed by atoms with Crippen molar-refractivity contribution in [3.05, 3.63) is 48.6 Å². The normalized spacial score (nSPS) is 12.3. The van der Waals surface area contributed by atoms with Crippen molar-refractivity contribution in [2.75, 3.05) is 6.79 Å². The van der Waals surface area contributed by atoms with Gasteiger partial charge in [-0.25, -0.2) is 0 Å². The Kier molecular flexibility index (Phi) is 8.19. The summed E-state index contributed by atoms with van der Waals surface area (Å²) >= 11 is 0. The van der Waals surface area contributed by atoms with Gasteiger partial charge in [-0.05, 0) is 12.0 Å². The molecule has 0 saturated heterocycles. The van der Waals surface area contributed by atoms with Gasteiger partial charge in [0.1, 0.15) is 6.79 Å². The Balaban J connectivity index is 2.10. The van der Waals surface area contributed by atoms with Gasteiger partial charge in [-0.15, -0.1) is 0 Å². The number of hydrogen-bond donors (Lipinski definition) is 0. The summed E-state index contributed by atoms with van der Waals surface area (Å²) in [6, 6.07) is 10.1. The molecular weight excluding hydrogens is 224 g/mol. The zero-order valence-corrected chi connectivity index (χ0v) is 11.2. The van der Waals surface area contributed by atoms with E-state index in [1.165, 1.54) is 12.8 Å². The minimum atomic E-state index is 0.00678. The molecule has 0 bridgehead atoms. The molecule has 0 saturated carbocycles. The Bertz CT molecular complexity index is 308. The Morgan fingerprint density at radius 2 is 2.00 bits per heavy atom. The van der Waals surface area contributed by atoms with Crippen molar-refractivity contribution in [1.82, 2.24) is 0 Å². The smallest absolute Gasteiger partial charge is 0.147 e. The minimum Gasteiger partial charge on any atom is -0.351 e.